The fourth-order valence-electron chi connectivity index (χ4n) is 3.13. The summed E-state index contributed by atoms with van der Waals surface area (Å²) in [6.07, 6.45) is 2.18. The van der Waals surface area contributed by atoms with Crippen LogP contribution in [0.15, 0.2) is 48.5 Å². The minimum atomic E-state index is 0.328. The number of hydrogen-bond acceptors (Lipinski definition) is 2. The number of nitrogens with two attached hydrogens (primary N) is 1. The van der Waals surface area contributed by atoms with E-state index >= 15 is 0 Å². The molecular formula is C19H25NO. The van der Waals surface area contributed by atoms with Gasteiger partial charge in [0.2, 0.25) is 0 Å². The fourth-order valence-corrected chi connectivity index (χ4v) is 3.13. The zero-order chi connectivity index (χ0) is 15.2. The minimum Gasteiger partial charge on any atom is -0.508 e. The largest absolute Gasteiger partial charge is 0.508 e. The van der Waals surface area contributed by atoms with Gasteiger partial charge in [-0.25, -0.2) is 0 Å². The van der Waals surface area contributed by atoms with Crippen molar-refractivity contribution in [2.75, 3.05) is 0 Å². The molecule has 21 heavy (non-hydrogen) atoms. The molecule has 0 unspecified atom stereocenters. The van der Waals surface area contributed by atoms with Crippen molar-refractivity contribution in [3.05, 3.63) is 65.2 Å². The van der Waals surface area contributed by atoms with Crippen molar-refractivity contribution in [2.24, 2.45) is 5.73 Å². The molecule has 0 aliphatic carbocycles. The highest BCUT2D eigenvalue weighted by Gasteiger charge is 2.21. The molecule has 0 aliphatic rings. The zero-order valence-corrected chi connectivity index (χ0v) is 12.9. The van der Waals surface area contributed by atoms with E-state index in [9.17, 15) is 5.11 Å². The lowest BCUT2D eigenvalue weighted by molar-refractivity contribution is 0.473. The highest BCUT2D eigenvalue weighted by molar-refractivity contribution is 5.33. The summed E-state index contributed by atoms with van der Waals surface area (Å²) in [5.41, 5.74) is 9.51. The van der Waals surface area contributed by atoms with Crippen LogP contribution in [0.3, 0.4) is 0 Å². The summed E-state index contributed by atoms with van der Waals surface area (Å²) in [5, 5.41) is 9.47. The molecule has 2 nitrogen and oxygen atoms in total. The Balaban J connectivity index is 2.29. The molecule has 0 heterocycles. The van der Waals surface area contributed by atoms with Crippen LogP contribution in [0.25, 0.3) is 0 Å². The smallest absolute Gasteiger partial charge is 0.115 e. The molecule has 2 aromatic carbocycles. The fraction of sp³-hybridized carbons (Fsp3) is 0.368. The Labute approximate surface area is 127 Å². The van der Waals surface area contributed by atoms with Crippen molar-refractivity contribution in [3.63, 3.8) is 0 Å². The van der Waals surface area contributed by atoms with Crippen LogP contribution in [-0.4, -0.2) is 5.11 Å². The second kappa shape index (κ2) is 7.28. The van der Waals surface area contributed by atoms with E-state index in [1.807, 2.05) is 12.1 Å². The van der Waals surface area contributed by atoms with Crippen molar-refractivity contribution in [1.29, 1.82) is 0 Å². The number of aromatic hydroxyl groups is 1. The molecule has 2 heteroatoms. The van der Waals surface area contributed by atoms with Crippen LogP contribution in [0.2, 0.25) is 0 Å². The van der Waals surface area contributed by atoms with Gasteiger partial charge in [-0.05, 0) is 53.5 Å². The van der Waals surface area contributed by atoms with Crippen LogP contribution in [0.1, 0.15) is 55.2 Å². The maximum atomic E-state index is 9.47. The van der Waals surface area contributed by atoms with Gasteiger partial charge in [-0.1, -0.05) is 50.2 Å². The molecule has 0 fully saturated rings. The number of hydrogen-bond donors (Lipinski definition) is 2. The third-order valence-corrected chi connectivity index (χ3v) is 4.33. The van der Waals surface area contributed by atoms with Crippen molar-refractivity contribution < 1.29 is 5.11 Å². The molecule has 0 aromatic heterocycles. The summed E-state index contributed by atoms with van der Waals surface area (Å²) < 4.78 is 0. The van der Waals surface area contributed by atoms with Crippen LogP contribution in [0.5, 0.6) is 5.75 Å². The molecule has 2 atom stereocenters. The average Bonchev–Trinajstić information content (AvgIpc) is 2.54. The molecule has 2 rings (SSSR count). The predicted octanol–water partition coefficient (Wildman–Crippen LogP) is 4.54. The summed E-state index contributed by atoms with van der Waals surface area (Å²) in [5.74, 6) is 1.29. The van der Waals surface area contributed by atoms with Crippen LogP contribution in [-0.2, 0) is 6.54 Å². The molecule has 0 spiro atoms. The molecule has 0 saturated carbocycles. The molecule has 2 aromatic rings. The highest BCUT2D eigenvalue weighted by Crippen LogP contribution is 2.38. The summed E-state index contributed by atoms with van der Waals surface area (Å²) in [7, 11) is 0. The second-order valence-corrected chi connectivity index (χ2v) is 5.57. The number of phenols is 1. The first kappa shape index (κ1) is 15.6. The van der Waals surface area contributed by atoms with E-state index in [0.29, 0.717) is 24.1 Å². The molecule has 0 amide bonds. The van der Waals surface area contributed by atoms with Crippen molar-refractivity contribution in [2.45, 2.75) is 45.1 Å². The predicted molar refractivity (Wildman–Crippen MR) is 88.5 cm³/mol. The summed E-state index contributed by atoms with van der Waals surface area (Å²) >= 11 is 0. The van der Waals surface area contributed by atoms with Gasteiger partial charge in [0.15, 0.2) is 0 Å². The van der Waals surface area contributed by atoms with Gasteiger partial charge in [-0.3, -0.25) is 0 Å². The van der Waals surface area contributed by atoms with E-state index in [-0.39, 0.29) is 0 Å². The number of phenolic OH excluding ortho intramolecular Hbond substituents is 1. The summed E-state index contributed by atoms with van der Waals surface area (Å²) in [4.78, 5) is 0. The Hall–Kier alpha value is -1.80. The molecule has 112 valence electrons. The van der Waals surface area contributed by atoms with Gasteiger partial charge in [0, 0.05) is 6.54 Å². The van der Waals surface area contributed by atoms with Gasteiger partial charge >= 0.3 is 0 Å². The van der Waals surface area contributed by atoms with Gasteiger partial charge in [-0.2, -0.15) is 0 Å². The summed E-state index contributed by atoms with van der Waals surface area (Å²) in [6, 6.07) is 16.3. The van der Waals surface area contributed by atoms with Gasteiger partial charge in [0.05, 0.1) is 0 Å². The molecule has 3 N–H and O–H groups in total. The third-order valence-electron chi connectivity index (χ3n) is 4.33. The minimum absolute atomic E-state index is 0.328. The van der Waals surface area contributed by atoms with E-state index in [4.69, 9.17) is 5.73 Å². The third kappa shape index (κ3) is 3.64. The Morgan fingerprint density at radius 1 is 0.810 bits per heavy atom. The maximum absolute atomic E-state index is 9.47. The Bertz CT molecular complexity index is 545. The maximum Gasteiger partial charge on any atom is 0.115 e. The van der Waals surface area contributed by atoms with Gasteiger partial charge in [-0.15, -0.1) is 0 Å². The van der Waals surface area contributed by atoms with E-state index in [1.54, 1.807) is 12.1 Å². The van der Waals surface area contributed by atoms with Crippen LogP contribution < -0.4 is 5.73 Å². The highest BCUT2D eigenvalue weighted by atomic mass is 16.3. The van der Waals surface area contributed by atoms with Crippen molar-refractivity contribution in [1.82, 2.24) is 0 Å². The molecule has 0 radical (unpaired) electrons. The molecule has 0 aliphatic heterocycles. The normalized spacial score (nSPS) is 13.9. The monoisotopic (exact) mass is 283 g/mol. The van der Waals surface area contributed by atoms with E-state index in [2.05, 4.69) is 38.1 Å². The summed E-state index contributed by atoms with van der Waals surface area (Å²) in [6.45, 7) is 5.06. The lowest BCUT2D eigenvalue weighted by atomic mass is 9.78. The topological polar surface area (TPSA) is 46.2 Å². The lowest BCUT2D eigenvalue weighted by Gasteiger charge is -2.26. The standard InChI is InChI=1S/C19H25NO/c1-3-18(15-7-5-14(13-20)6-8-15)19(4-2)16-9-11-17(21)12-10-16/h5-12,18-19,21H,3-4,13,20H2,1-2H3/t18-,19+/m1/s1. The first-order valence-corrected chi connectivity index (χ1v) is 7.77. The van der Waals surface area contributed by atoms with Crippen molar-refractivity contribution in [3.8, 4) is 5.75 Å². The average molecular weight is 283 g/mol. The van der Waals surface area contributed by atoms with Crippen LogP contribution >= 0.6 is 0 Å². The Kier molecular flexibility index (Phi) is 5.40. The molecule has 0 bridgehead atoms. The van der Waals surface area contributed by atoms with Crippen LogP contribution in [0, 0.1) is 0 Å². The van der Waals surface area contributed by atoms with Crippen LogP contribution in [0.4, 0.5) is 0 Å². The second-order valence-electron chi connectivity index (χ2n) is 5.57. The van der Waals surface area contributed by atoms with Gasteiger partial charge < -0.3 is 10.8 Å². The first-order valence-electron chi connectivity index (χ1n) is 7.77. The number of benzene rings is 2. The lowest BCUT2D eigenvalue weighted by Crippen LogP contribution is -2.10. The quantitative estimate of drug-likeness (QED) is 0.817. The Morgan fingerprint density at radius 3 is 1.62 bits per heavy atom. The first-order chi connectivity index (χ1) is 10.2. The zero-order valence-electron chi connectivity index (χ0n) is 12.9. The van der Waals surface area contributed by atoms with Crippen molar-refractivity contribution >= 4 is 0 Å². The number of rotatable bonds is 6. The molecular weight excluding hydrogens is 258 g/mol. The van der Waals surface area contributed by atoms with Gasteiger partial charge in [0.25, 0.3) is 0 Å². The molecule has 0 saturated heterocycles. The van der Waals surface area contributed by atoms with Gasteiger partial charge in [0.1, 0.15) is 5.75 Å². The van der Waals surface area contributed by atoms with E-state index < -0.39 is 0 Å². The van der Waals surface area contributed by atoms with E-state index in [1.165, 1.54) is 16.7 Å². The van der Waals surface area contributed by atoms with E-state index in [0.717, 1.165) is 12.8 Å². The SMILES string of the molecule is CC[C@H](c1ccc(CN)cc1)[C@@H](CC)c1ccc(O)cc1. The Morgan fingerprint density at radius 2 is 1.24 bits per heavy atom.